The third-order valence-electron chi connectivity index (χ3n) is 2.52. The van der Waals surface area contributed by atoms with Crippen molar-refractivity contribution in [2.75, 3.05) is 6.54 Å². The molecule has 0 heterocycles. The summed E-state index contributed by atoms with van der Waals surface area (Å²) >= 11 is 0. The Labute approximate surface area is 99.5 Å². The fourth-order valence-electron chi connectivity index (χ4n) is 1.79. The van der Waals surface area contributed by atoms with E-state index in [-0.39, 0.29) is 11.3 Å². The predicted molar refractivity (Wildman–Crippen MR) is 68.8 cm³/mol. The van der Waals surface area contributed by atoms with E-state index in [2.05, 4.69) is 32.7 Å². The van der Waals surface area contributed by atoms with Crippen LogP contribution in [0.1, 0.15) is 47.0 Å². The first kappa shape index (κ1) is 15.0. The maximum atomic E-state index is 11.5. The summed E-state index contributed by atoms with van der Waals surface area (Å²) in [6.45, 7) is 12.6. The van der Waals surface area contributed by atoms with Crippen LogP contribution in [-0.4, -0.2) is 12.3 Å². The number of hydrogen-bond donors (Lipinski definition) is 2. The van der Waals surface area contributed by atoms with Crippen LogP contribution in [0.3, 0.4) is 0 Å². The molecule has 0 fully saturated rings. The molecule has 0 aromatic heterocycles. The van der Waals surface area contributed by atoms with Gasteiger partial charge in [0.15, 0.2) is 0 Å². The maximum absolute atomic E-state index is 11.5. The van der Waals surface area contributed by atoms with E-state index in [9.17, 15) is 4.79 Å². The molecule has 0 rings (SSSR count). The van der Waals surface area contributed by atoms with E-state index in [1.165, 1.54) is 0 Å². The Morgan fingerprint density at radius 3 is 2.38 bits per heavy atom. The zero-order valence-corrected chi connectivity index (χ0v) is 11.1. The molecule has 0 radical (unpaired) electrons. The Morgan fingerprint density at radius 1 is 1.44 bits per heavy atom. The molecule has 0 saturated carbocycles. The van der Waals surface area contributed by atoms with Gasteiger partial charge in [-0.2, -0.15) is 0 Å². The number of nitrogens with one attached hydrogen (secondary N) is 1. The van der Waals surface area contributed by atoms with Crippen LogP contribution < -0.4 is 11.1 Å². The molecule has 0 aliphatic heterocycles. The van der Waals surface area contributed by atoms with Crippen LogP contribution in [0, 0.1) is 11.3 Å². The minimum absolute atomic E-state index is 0.174. The average Bonchev–Trinajstić information content (AvgIpc) is 2.07. The van der Waals surface area contributed by atoms with Gasteiger partial charge < -0.3 is 11.1 Å². The molecule has 16 heavy (non-hydrogen) atoms. The third kappa shape index (κ3) is 8.33. The van der Waals surface area contributed by atoms with Crippen LogP contribution in [0.25, 0.3) is 0 Å². The zero-order valence-electron chi connectivity index (χ0n) is 11.1. The lowest BCUT2D eigenvalue weighted by Gasteiger charge is -2.24. The standard InChI is InChI=1S/C13H26N2O/c1-10(16)12(9-13(3,4)5)7-6-8-15-11(2)14/h12,15H,2,6-9,14H2,1,3-5H3. The highest BCUT2D eigenvalue weighted by atomic mass is 16.1. The lowest BCUT2D eigenvalue weighted by atomic mass is 9.81. The second-order valence-corrected chi connectivity index (χ2v) is 5.67. The summed E-state index contributed by atoms with van der Waals surface area (Å²) in [6.07, 6.45) is 2.83. The Kier molecular flexibility index (Phi) is 6.16. The molecule has 1 unspecified atom stereocenters. The first-order valence-corrected chi connectivity index (χ1v) is 5.91. The predicted octanol–water partition coefficient (Wildman–Crippen LogP) is 2.43. The minimum atomic E-state index is 0.174. The van der Waals surface area contributed by atoms with Gasteiger partial charge in [0.25, 0.3) is 0 Å². The van der Waals surface area contributed by atoms with E-state index in [0.717, 1.165) is 25.8 Å². The highest BCUT2D eigenvalue weighted by Crippen LogP contribution is 2.27. The molecule has 0 aliphatic rings. The lowest BCUT2D eigenvalue weighted by Crippen LogP contribution is -2.23. The lowest BCUT2D eigenvalue weighted by molar-refractivity contribution is -0.121. The van der Waals surface area contributed by atoms with Gasteiger partial charge in [0, 0.05) is 12.5 Å². The van der Waals surface area contributed by atoms with E-state index >= 15 is 0 Å². The fraction of sp³-hybridized carbons (Fsp3) is 0.769. The molecule has 3 heteroatoms. The largest absolute Gasteiger partial charge is 0.386 e. The molecule has 3 N–H and O–H groups in total. The maximum Gasteiger partial charge on any atom is 0.132 e. The smallest absolute Gasteiger partial charge is 0.132 e. The van der Waals surface area contributed by atoms with Crippen LogP contribution >= 0.6 is 0 Å². The number of nitrogens with two attached hydrogens (primary N) is 1. The SMILES string of the molecule is C=C(N)NCCCC(CC(C)(C)C)C(C)=O. The summed E-state index contributed by atoms with van der Waals surface area (Å²) in [4.78, 5) is 11.5. The number of Topliss-reactive ketones (excluding diaryl/α,β-unsaturated/α-hetero) is 1. The molecule has 94 valence electrons. The highest BCUT2D eigenvalue weighted by molar-refractivity contribution is 5.78. The summed E-state index contributed by atoms with van der Waals surface area (Å²) in [6, 6.07) is 0. The molecule has 1 atom stereocenters. The molecule has 0 bridgehead atoms. The number of carbonyl (C=O) groups is 1. The number of ketones is 1. The second-order valence-electron chi connectivity index (χ2n) is 5.67. The molecule has 0 aromatic rings. The summed E-state index contributed by atoms with van der Waals surface area (Å²) < 4.78 is 0. The van der Waals surface area contributed by atoms with E-state index < -0.39 is 0 Å². The number of hydrogen-bond acceptors (Lipinski definition) is 3. The summed E-state index contributed by atoms with van der Waals surface area (Å²) in [7, 11) is 0. The topological polar surface area (TPSA) is 55.1 Å². The molecule has 0 aromatic carbocycles. The molecular weight excluding hydrogens is 200 g/mol. The van der Waals surface area contributed by atoms with E-state index in [0.29, 0.717) is 11.6 Å². The Bertz CT molecular complexity index is 241. The van der Waals surface area contributed by atoms with E-state index in [1.54, 1.807) is 6.92 Å². The second kappa shape index (κ2) is 6.56. The van der Waals surface area contributed by atoms with Crippen molar-refractivity contribution in [2.24, 2.45) is 17.1 Å². The van der Waals surface area contributed by atoms with Crippen molar-refractivity contribution in [3.8, 4) is 0 Å². The van der Waals surface area contributed by atoms with Crippen LogP contribution in [0.5, 0.6) is 0 Å². The van der Waals surface area contributed by atoms with Gasteiger partial charge in [0.1, 0.15) is 5.78 Å². The monoisotopic (exact) mass is 226 g/mol. The van der Waals surface area contributed by atoms with Gasteiger partial charge in [0.2, 0.25) is 0 Å². The molecule has 0 amide bonds. The van der Waals surface area contributed by atoms with Crippen LogP contribution in [0.4, 0.5) is 0 Å². The van der Waals surface area contributed by atoms with Crippen molar-refractivity contribution < 1.29 is 4.79 Å². The summed E-state index contributed by atoms with van der Waals surface area (Å²) in [5, 5.41) is 2.97. The quantitative estimate of drug-likeness (QED) is 0.656. The van der Waals surface area contributed by atoms with Gasteiger partial charge in [-0.05, 0) is 31.6 Å². The van der Waals surface area contributed by atoms with Gasteiger partial charge in [-0.1, -0.05) is 27.4 Å². The van der Waals surface area contributed by atoms with Crippen LogP contribution in [0.15, 0.2) is 12.4 Å². The normalized spacial score (nSPS) is 13.2. The molecule has 0 aliphatic carbocycles. The van der Waals surface area contributed by atoms with Gasteiger partial charge in [-0.15, -0.1) is 0 Å². The summed E-state index contributed by atoms with van der Waals surface area (Å²) in [5.74, 6) is 0.963. The molecule has 0 spiro atoms. The zero-order chi connectivity index (χ0) is 12.8. The third-order valence-corrected chi connectivity index (χ3v) is 2.52. The first-order chi connectivity index (χ1) is 7.22. The number of carbonyl (C=O) groups excluding carboxylic acids is 1. The van der Waals surface area contributed by atoms with Gasteiger partial charge in [0.05, 0.1) is 5.82 Å². The average molecular weight is 226 g/mol. The number of rotatable bonds is 7. The molecule has 3 nitrogen and oxygen atoms in total. The van der Waals surface area contributed by atoms with Crippen LogP contribution in [-0.2, 0) is 4.79 Å². The van der Waals surface area contributed by atoms with Crippen molar-refractivity contribution in [1.82, 2.24) is 5.32 Å². The van der Waals surface area contributed by atoms with Crippen molar-refractivity contribution in [3.63, 3.8) is 0 Å². The van der Waals surface area contributed by atoms with Gasteiger partial charge in [-0.25, -0.2) is 0 Å². The van der Waals surface area contributed by atoms with Crippen molar-refractivity contribution >= 4 is 5.78 Å². The fourth-order valence-corrected chi connectivity index (χ4v) is 1.79. The van der Waals surface area contributed by atoms with E-state index in [4.69, 9.17) is 5.73 Å². The minimum Gasteiger partial charge on any atom is -0.386 e. The van der Waals surface area contributed by atoms with Crippen LogP contribution in [0.2, 0.25) is 0 Å². The van der Waals surface area contributed by atoms with Crippen molar-refractivity contribution in [3.05, 3.63) is 12.4 Å². The molecular formula is C13H26N2O. The molecule has 0 saturated heterocycles. The first-order valence-electron chi connectivity index (χ1n) is 5.91. The van der Waals surface area contributed by atoms with Crippen molar-refractivity contribution in [1.29, 1.82) is 0 Å². The Hall–Kier alpha value is -0.990. The highest BCUT2D eigenvalue weighted by Gasteiger charge is 2.21. The van der Waals surface area contributed by atoms with Gasteiger partial charge >= 0.3 is 0 Å². The Morgan fingerprint density at radius 2 is 2.00 bits per heavy atom. The van der Waals surface area contributed by atoms with Gasteiger partial charge in [-0.3, -0.25) is 4.79 Å². The summed E-state index contributed by atoms with van der Waals surface area (Å²) in [5.41, 5.74) is 5.61. The Balaban J connectivity index is 3.96. The van der Waals surface area contributed by atoms with E-state index in [1.807, 2.05) is 0 Å². The van der Waals surface area contributed by atoms with Crippen molar-refractivity contribution in [2.45, 2.75) is 47.0 Å².